The molecular formula is C11H20O2. The smallest absolute Gasteiger partial charge is 0.0593 e. The van der Waals surface area contributed by atoms with Gasteiger partial charge in [-0.15, -0.1) is 0 Å². The van der Waals surface area contributed by atoms with Crippen LogP contribution in [0.1, 0.15) is 38.5 Å². The minimum atomic E-state index is -0.0920. The number of hydrogen-bond donors (Lipinski definition) is 1. The van der Waals surface area contributed by atoms with Crippen LogP contribution in [-0.2, 0) is 4.74 Å². The van der Waals surface area contributed by atoms with Gasteiger partial charge in [-0.2, -0.15) is 0 Å². The first-order valence-corrected chi connectivity index (χ1v) is 5.62. The monoisotopic (exact) mass is 184 g/mol. The van der Waals surface area contributed by atoms with E-state index < -0.39 is 0 Å². The topological polar surface area (TPSA) is 29.5 Å². The van der Waals surface area contributed by atoms with Crippen LogP contribution in [-0.4, -0.2) is 24.4 Å². The maximum atomic E-state index is 9.93. The molecule has 2 heteroatoms. The van der Waals surface area contributed by atoms with Gasteiger partial charge in [0.1, 0.15) is 0 Å². The molecule has 1 N–H and O–H groups in total. The molecule has 0 bridgehead atoms. The first-order valence-electron chi connectivity index (χ1n) is 5.62. The van der Waals surface area contributed by atoms with E-state index in [0.29, 0.717) is 5.92 Å². The molecule has 2 aliphatic rings. The van der Waals surface area contributed by atoms with E-state index in [1.165, 1.54) is 25.7 Å². The number of rotatable bonds is 3. The molecule has 1 saturated heterocycles. The summed E-state index contributed by atoms with van der Waals surface area (Å²) in [6.45, 7) is 1.64. The fourth-order valence-corrected chi connectivity index (χ4v) is 2.64. The summed E-state index contributed by atoms with van der Waals surface area (Å²) in [5.41, 5.74) is 0. The molecule has 2 atom stereocenters. The van der Waals surface area contributed by atoms with Crippen LogP contribution in [0.2, 0.25) is 0 Å². The summed E-state index contributed by atoms with van der Waals surface area (Å²) < 4.78 is 5.28. The van der Waals surface area contributed by atoms with Gasteiger partial charge in [0.05, 0.1) is 12.7 Å². The van der Waals surface area contributed by atoms with E-state index in [0.717, 1.165) is 32.0 Å². The normalized spacial score (nSPS) is 32.5. The summed E-state index contributed by atoms with van der Waals surface area (Å²) >= 11 is 0. The summed E-state index contributed by atoms with van der Waals surface area (Å²) in [7, 11) is 0. The predicted molar refractivity (Wildman–Crippen MR) is 51.5 cm³/mol. The number of ether oxygens (including phenoxy) is 1. The van der Waals surface area contributed by atoms with Crippen LogP contribution in [0, 0.1) is 11.8 Å². The van der Waals surface area contributed by atoms with Crippen molar-refractivity contribution in [1.29, 1.82) is 0 Å². The van der Waals surface area contributed by atoms with Gasteiger partial charge in [-0.05, 0) is 18.8 Å². The van der Waals surface area contributed by atoms with E-state index in [9.17, 15) is 5.11 Å². The molecule has 0 radical (unpaired) electrons. The molecule has 2 unspecified atom stereocenters. The van der Waals surface area contributed by atoms with Crippen molar-refractivity contribution >= 4 is 0 Å². The molecule has 0 aromatic carbocycles. The number of aliphatic hydroxyl groups is 1. The second-order valence-electron chi connectivity index (χ2n) is 4.58. The van der Waals surface area contributed by atoms with E-state index in [4.69, 9.17) is 4.74 Å². The van der Waals surface area contributed by atoms with Gasteiger partial charge >= 0.3 is 0 Å². The molecule has 1 saturated carbocycles. The van der Waals surface area contributed by atoms with Crippen LogP contribution in [0.25, 0.3) is 0 Å². The van der Waals surface area contributed by atoms with Gasteiger partial charge in [-0.3, -0.25) is 0 Å². The summed E-state index contributed by atoms with van der Waals surface area (Å²) in [5, 5.41) is 9.93. The summed E-state index contributed by atoms with van der Waals surface area (Å²) in [4.78, 5) is 0. The standard InChI is InChI=1S/C11H20O2/c12-11(10-5-6-13-8-10)7-9-3-1-2-4-9/h9-12H,1-8H2. The summed E-state index contributed by atoms with van der Waals surface area (Å²) in [5.74, 6) is 1.23. The number of aliphatic hydroxyl groups excluding tert-OH is 1. The van der Waals surface area contributed by atoms with E-state index in [2.05, 4.69) is 0 Å². The minimum Gasteiger partial charge on any atom is -0.393 e. The molecule has 1 aliphatic carbocycles. The van der Waals surface area contributed by atoms with Gasteiger partial charge in [0, 0.05) is 12.5 Å². The Labute approximate surface area is 80.3 Å². The Hall–Kier alpha value is -0.0800. The van der Waals surface area contributed by atoms with Crippen molar-refractivity contribution in [1.82, 2.24) is 0 Å². The fraction of sp³-hybridized carbons (Fsp3) is 1.00. The first-order chi connectivity index (χ1) is 6.36. The third kappa shape index (κ3) is 2.44. The first kappa shape index (κ1) is 9.47. The van der Waals surface area contributed by atoms with Gasteiger partial charge < -0.3 is 9.84 Å². The lowest BCUT2D eigenvalue weighted by Crippen LogP contribution is -2.23. The van der Waals surface area contributed by atoms with Gasteiger partial charge in [0.25, 0.3) is 0 Å². The Kier molecular flexibility index (Phi) is 3.23. The average Bonchev–Trinajstić information content (AvgIpc) is 2.74. The van der Waals surface area contributed by atoms with Gasteiger partial charge in [0.2, 0.25) is 0 Å². The second-order valence-corrected chi connectivity index (χ2v) is 4.58. The van der Waals surface area contributed by atoms with Crippen LogP contribution in [0.15, 0.2) is 0 Å². The molecule has 2 rings (SSSR count). The molecule has 13 heavy (non-hydrogen) atoms. The Morgan fingerprint density at radius 2 is 2.00 bits per heavy atom. The minimum absolute atomic E-state index is 0.0920. The fourth-order valence-electron chi connectivity index (χ4n) is 2.64. The SMILES string of the molecule is OC(CC1CCCC1)C1CCOC1. The zero-order valence-electron chi connectivity index (χ0n) is 8.24. The second kappa shape index (κ2) is 4.43. The highest BCUT2D eigenvalue weighted by Gasteiger charge is 2.27. The Morgan fingerprint density at radius 1 is 1.23 bits per heavy atom. The molecule has 2 fully saturated rings. The molecule has 1 heterocycles. The van der Waals surface area contributed by atoms with Crippen LogP contribution < -0.4 is 0 Å². The maximum absolute atomic E-state index is 9.93. The summed E-state index contributed by atoms with van der Waals surface area (Å²) in [6, 6.07) is 0. The van der Waals surface area contributed by atoms with Crippen molar-refractivity contribution in [2.75, 3.05) is 13.2 Å². The van der Waals surface area contributed by atoms with E-state index in [-0.39, 0.29) is 6.10 Å². The molecular weight excluding hydrogens is 164 g/mol. The lowest BCUT2D eigenvalue weighted by Gasteiger charge is -2.19. The van der Waals surface area contributed by atoms with Crippen molar-refractivity contribution in [3.63, 3.8) is 0 Å². The average molecular weight is 184 g/mol. The van der Waals surface area contributed by atoms with Crippen molar-refractivity contribution < 1.29 is 9.84 Å². The van der Waals surface area contributed by atoms with Crippen molar-refractivity contribution in [3.8, 4) is 0 Å². The van der Waals surface area contributed by atoms with Crippen molar-refractivity contribution in [2.24, 2.45) is 11.8 Å². The van der Waals surface area contributed by atoms with Gasteiger partial charge in [-0.25, -0.2) is 0 Å². The van der Waals surface area contributed by atoms with Crippen LogP contribution in [0.3, 0.4) is 0 Å². The van der Waals surface area contributed by atoms with E-state index >= 15 is 0 Å². The third-order valence-corrected chi connectivity index (χ3v) is 3.56. The Balaban J connectivity index is 1.73. The van der Waals surface area contributed by atoms with Gasteiger partial charge in [-0.1, -0.05) is 25.7 Å². The lowest BCUT2D eigenvalue weighted by atomic mass is 9.91. The predicted octanol–water partition coefficient (Wildman–Crippen LogP) is 1.96. The molecule has 0 aromatic heterocycles. The third-order valence-electron chi connectivity index (χ3n) is 3.56. The Morgan fingerprint density at radius 3 is 2.62 bits per heavy atom. The largest absolute Gasteiger partial charge is 0.393 e. The lowest BCUT2D eigenvalue weighted by molar-refractivity contribution is 0.0714. The highest BCUT2D eigenvalue weighted by molar-refractivity contribution is 4.77. The molecule has 2 nitrogen and oxygen atoms in total. The molecule has 0 spiro atoms. The molecule has 0 aromatic rings. The highest BCUT2D eigenvalue weighted by Crippen LogP contribution is 2.31. The Bertz CT molecular complexity index is 146. The number of hydrogen-bond acceptors (Lipinski definition) is 2. The van der Waals surface area contributed by atoms with Crippen LogP contribution >= 0.6 is 0 Å². The summed E-state index contributed by atoms with van der Waals surface area (Å²) in [6.07, 6.45) is 7.42. The van der Waals surface area contributed by atoms with E-state index in [1.807, 2.05) is 0 Å². The molecule has 76 valence electrons. The van der Waals surface area contributed by atoms with Gasteiger partial charge in [0.15, 0.2) is 0 Å². The van der Waals surface area contributed by atoms with Crippen molar-refractivity contribution in [2.45, 2.75) is 44.6 Å². The molecule has 0 amide bonds. The zero-order valence-corrected chi connectivity index (χ0v) is 8.24. The van der Waals surface area contributed by atoms with Crippen LogP contribution in [0.4, 0.5) is 0 Å². The maximum Gasteiger partial charge on any atom is 0.0593 e. The van der Waals surface area contributed by atoms with Crippen molar-refractivity contribution in [3.05, 3.63) is 0 Å². The molecule has 1 aliphatic heterocycles. The highest BCUT2D eigenvalue weighted by atomic mass is 16.5. The van der Waals surface area contributed by atoms with Crippen LogP contribution in [0.5, 0.6) is 0 Å². The van der Waals surface area contributed by atoms with E-state index in [1.54, 1.807) is 0 Å². The quantitative estimate of drug-likeness (QED) is 0.726. The zero-order chi connectivity index (χ0) is 9.10.